The van der Waals surface area contributed by atoms with Crippen molar-refractivity contribution in [3.05, 3.63) is 53.9 Å². The molecule has 1 fully saturated rings. The standard InChI is InChI=1S/C19H24N2O2/c1-15-7-9-17(10-8-15)23-14-16-5-3-12-21(13-16)19(22)18-6-4-11-20(18)2/h4,6-11,16H,3,5,12-14H2,1-2H3/t16-/m0/s1. The average molecular weight is 312 g/mol. The van der Waals surface area contributed by atoms with Gasteiger partial charge in [-0.05, 0) is 44.0 Å². The number of hydrogen-bond acceptors (Lipinski definition) is 2. The molecule has 0 aliphatic carbocycles. The number of rotatable bonds is 4. The number of piperidine rings is 1. The quantitative estimate of drug-likeness (QED) is 0.868. The Hall–Kier alpha value is -2.23. The van der Waals surface area contributed by atoms with Gasteiger partial charge in [-0.3, -0.25) is 4.79 Å². The molecule has 0 bridgehead atoms. The number of aryl methyl sites for hydroxylation is 2. The van der Waals surface area contributed by atoms with Gasteiger partial charge in [-0.1, -0.05) is 17.7 Å². The van der Waals surface area contributed by atoms with E-state index in [0.717, 1.165) is 37.4 Å². The van der Waals surface area contributed by atoms with Crippen LogP contribution in [0.25, 0.3) is 0 Å². The van der Waals surface area contributed by atoms with E-state index in [0.29, 0.717) is 12.5 Å². The van der Waals surface area contributed by atoms with Crippen molar-refractivity contribution in [3.63, 3.8) is 0 Å². The summed E-state index contributed by atoms with van der Waals surface area (Å²) in [4.78, 5) is 14.6. The first-order valence-corrected chi connectivity index (χ1v) is 8.23. The molecule has 2 aromatic rings. The highest BCUT2D eigenvalue weighted by atomic mass is 16.5. The smallest absolute Gasteiger partial charge is 0.270 e. The lowest BCUT2D eigenvalue weighted by Crippen LogP contribution is -2.42. The number of ether oxygens (including phenoxy) is 1. The number of nitrogens with zero attached hydrogens (tertiary/aromatic N) is 2. The summed E-state index contributed by atoms with van der Waals surface area (Å²) < 4.78 is 7.78. The molecule has 122 valence electrons. The SMILES string of the molecule is Cc1ccc(OC[C@H]2CCCN(C(=O)c3cccn3C)C2)cc1. The van der Waals surface area contributed by atoms with Gasteiger partial charge >= 0.3 is 0 Å². The fourth-order valence-corrected chi connectivity index (χ4v) is 3.08. The van der Waals surface area contributed by atoms with E-state index in [-0.39, 0.29) is 5.91 Å². The number of likely N-dealkylation sites (tertiary alicyclic amines) is 1. The highest BCUT2D eigenvalue weighted by Gasteiger charge is 2.25. The fraction of sp³-hybridized carbons (Fsp3) is 0.421. The lowest BCUT2D eigenvalue weighted by Gasteiger charge is -2.32. The van der Waals surface area contributed by atoms with Crippen LogP contribution in [0.2, 0.25) is 0 Å². The lowest BCUT2D eigenvalue weighted by molar-refractivity contribution is 0.0624. The van der Waals surface area contributed by atoms with Crippen LogP contribution in [-0.2, 0) is 7.05 Å². The molecule has 0 radical (unpaired) electrons. The first kappa shape index (κ1) is 15.7. The first-order chi connectivity index (χ1) is 11.1. The van der Waals surface area contributed by atoms with Gasteiger partial charge < -0.3 is 14.2 Å². The van der Waals surface area contributed by atoms with Crippen molar-refractivity contribution in [2.24, 2.45) is 13.0 Å². The molecule has 0 unspecified atom stereocenters. The number of amides is 1. The van der Waals surface area contributed by atoms with Gasteiger partial charge in [0.2, 0.25) is 0 Å². The summed E-state index contributed by atoms with van der Waals surface area (Å²) in [6.45, 7) is 4.35. The number of aromatic nitrogens is 1. The van der Waals surface area contributed by atoms with Crippen LogP contribution in [0, 0.1) is 12.8 Å². The fourth-order valence-electron chi connectivity index (χ4n) is 3.08. The third-order valence-corrected chi connectivity index (χ3v) is 4.48. The van der Waals surface area contributed by atoms with Crippen LogP contribution in [0.5, 0.6) is 5.75 Å². The number of carbonyl (C=O) groups is 1. The number of hydrogen-bond donors (Lipinski definition) is 0. The Morgan fingerprint density at radius 2 is 2.04 bits per heavy atom. The lowest BCUT2D eigenvalue weighted by atomic mass is 9.98. The molecule has 0 saturated carbocycles. The largest absolute Gasteiger partial charge is 0.493 e. The monoisotopic (exact) mass is 312 g/mol. The molecule has 0 spiro atoms. The Balaban J connectivity index is 1.57. The molecule has 0 N–H and O–H groups in total. The summed E-state index contributed by atoms with van der Waals surface area (Å²) in [5.41, 5.74) is 1.99. The van der Waals surface area contributed by atoms with Crippen LogP contribution in [0.3, 0.4) is 0 Å². The molecule has 1 aromatic heterocycles. The molecule has 2 heterocycles. The van der Waals surface area contributed by atoms with Crippen molar-refractivity contribution in [2.45, 2.75) is 19.8 Å². The van der Waals surface area contributed by atoms with E-state index in [1.165, 1.54) is 5.56 Å². The average Bonchev–Trinajstić information content (AvgIpc) is 3.00. The highest BCUT2D eigenvalue weighted by molar-refractivity contribution is 5.92. The van der Waals surface area contributed by atoms with E-state index >= 15 is 0 Å². The highest BCUT2D eigenvalue weighted by Crippen LogP contribution is 2.20. The van der Waals surface area contributed by atoms with Gasteiger partial charge in [0, 0.05) is 32.3 Å². The molecule has 1 amide bonds. The van der Waals surface area contributed by atoms with Crippen LogP contribution in [0.1, 0.15) is 28.9 Å². The van der Waals surface area contributed by atoms with Gasteiger partial charge in [0.1, 0.15) is 11.4 Å². The van der Waals surface area contributed by atoms with Gasteiger partial charge in [0.25, 0.3) is 5.91 Å². The number of carbonyl (C=O) groups excluding carboxylic acids is 1. The van der Waals surface area contributed by atoms with Gasteiger partial charge in [0.05, 0.1) is 6.61 Å². The maximum Gasteiger partial charge on any atom is 0.270 e. The molecule has 3 rings (SSSR count). The minimum Gasteiger partial charge on any atom is -0.493 e. The molecular formula is C19H24N2O2. The second-order valence-corrected chi connectivity index (χ2v) is 6.39. The summed E-state index contributed by atoms with van der Waals surface area (Å²) in [5.74, 6) is 1.42. The van der Waals surface area contributed by atoms with Crippen molar-refractivity contribution in [1.29, 1.82) is 0 Å². The Bertz CT molecular complexity index is 660. The number of benzene rings is 1. The van der Waals surface area contributed by atoms with Gasteiger partial charge in [-0.15, -0.1) is 0 Å². The van der Waals surface area contributed by atoms with E-state index in [1.54, 1.807) is 0 Å². The Kier molecular flexibility index (Phi) is 4.70. The summed E-state index contributed by atoms with van der Waals surface area (Å²) >= 11 is 0. The van der Waals surface area contributed by atoms with E-state index in [9.17, 15) is 4.79 Å². The summed E-state index contributed by atoms with van der Waals surface area (Å²) in [6.07, 6.45) is 4.07. The van der Waals surface area contributed by atoms with E-state index in [1.807, 2.05) is 47.0 Å². The molecule has 1 saturated heterocycles. The van der Waals surface area contributed by atoms with Gasteiger partial charge in [-0.25, -0.2) is 0 Å². The summed E-state index contributed by atoms with van der Waals surface area (Å²) in [7, 11) is 1.91. The van der Waals surface area contributed by atoms with Crippen molar-refractivity contribution >= 4 is 5.91 Å². The van der Waals surface area contributed by atoms with E-state index in [4.69, 9.17) is 4.74 Å². The van der Waals surface area contributed by atoms with Crippen molar-refractivity contribution in [2.75, 3.05) is 19.7 Å². The molecule has 4 nitrogen and oxygen atoms in total. The van der Waals surface area contributed by atoms with Crippen LogP contribution in [0.15, 0.2) is 42.6 Å². The molecule has 1 atom stereocenters. The molecule has 4 heteroatoms. The Morgan fingerprint density at radius 3 is 2.74 bits per heavy atom. The van der Waals surface area contributed by atoms with Crippen LogP contribution in [-0.4, -0.2) is 35.1 Å². The van der Waals surface area contributed by atoms with Crippen LogP contribution < -0.4 is 4.74 Å². The van der Waals surface area contributed by atoms with Gasteiger partial charge in [-0.2, -0.15) is 0 Å². The topological polar surface area (TPSA) is 34.5 Å². The van der Waals surface area contributed by atoms with Crippen molar-refractivity contribution in [3.8, 4) is 5.75 Å². The first-order valence-electron chi connectivity index (χ1n) is 8.23. The minimum absolute atomic E-state index is 0.123. The molecular weight excluding hydrogens is 288 g/mol. The van der Waals surface area contributed by atoms with E-state index < -0.39 is 0 Å². The Labute approximate surface area is 137 Å². The van der Waals surface area contributed by atoms with Crippen molar-refractivity contribution in [1.82, 2.24) is 9.47 Å². The zero-order valence-corrected chi connectivity index (χ0v) is 13.9. The molecule has 23 heavy (non-hydrogen) atoms. The van der Waals surface area contributed by atoms with Crippen LogP contribution in [0.4, 0.5) is 0 Å². The maximum absolute atomic E-state index is 12.6. The Morgan fingerprint density at radius 1 is 1.26 bits per heavy atom. The summed E-state index contributed by atoms with van der Waals surface area (Å²) in [6, 6.07) is 11.9. The molecule has 1 aromatic carbocycles. The second kappa shape index (κ2) is 6.90. The second-order valence-electron chi connectivity index (χ2n) is 6.39. The molecule has 1 aliphatic heterocycles. The van der Waals surface area contributed by atoms with Crippen molar-refractivity contribution < 1.29 is 9.53 Å². The summed E-state index contributed by atoms with van der Waals surface area (Å²) in [5, 5.41) is 0. The zero-order chi connectivity index (χ0) is 16.2. The zero-order valence-electron chi connectivity index (χ0n) is 13.9. The molecule has 1 aliphatic rings. The third kappa shape index (κ3) is 3.76. The minimum atomic E-state index is 0.123. The van der Waals surface area contributed by atoms with Crippen LogP contribution >= 0.6 is 0 Å². The maximum atomic E-state index is 12.6. The predicted octanol–water partition coefficient (Wildman–Crippen LogP) is 3.26. The third-order valence-electron chi connectivity index (χ3n) is 4.48. The van der Waals surface area contributed by atoms with Gasteiger partial charge in [0.15, 0.2) is 0 Å². The predicted molar refractivity (Wildman–Crippen MR) is 90.7 cm³/mol. The van der Waals surface area contributed by atoms with E-state index in [2.05, 4.69) is 19.1 Å². The normalized spacial score (nSPS) is 18.0.